The first-order valence-corrected chi connectivity index (χ1v) is 8.39. The van der Waals surface area contributed by atoms with E-state index in [9.17, 15) is 14.0 Å². The molecule has 1 atom stereocenters. The number of hydrogen-bond acceptors (Lipinski definition) is 4. The van der Waals surface area contributed by atoms with Crippen molar-refractivity contribution in [3.05, 3.63) is 72.5 Å². The van der Waals surface area contributed by atoms with Gasteiger partial charge < -0.3 is 14.8 Å². The van der Waals surface area contributed by atoms with Crippen LogP contribution < -0.4 is 10.1 Å². The van der Waals surface area contributed by atoms with E-state index in [4.69, 9.17) is 9.47 Å². The highest BCUT2D eigenvalue weighted by Gasteiger charge is 2.19. The van der Waals surface area contributed by atoms with E-state index in [1.54, 1.807) is 6.07 Å². The molecule has 0 aliphatic rings. The number of carbonyl (C=O) groups is 2. The first-order chi connectivity index (χ1) is 13.0. The van der Waals surface area contributed by atoms with Gasteiger partial charge in [-0.2, -0.15) is 0 Å². The summed E-state index contributed by atoms with van der Waals surface area (Å²) in [4.78, 5) is 24.2. The second kappa shape index (κ2) is 8.31. The van der Waals surface area contributed by atoms with Crippen molar-refractivity contribution in [3.8, 4) is 5.75 Å². The molecule has 0 aromatic heterocycles. The van der Waals surface area contributed by atoms with E-state index in [-0.39, 0.29) is 5.75 Å². The van der Waals surface area contributed by atoms with E-state index in [0.29, 0.717) is 5.69 Å². The second-order valence-corrected chi connectivity index (χ2v) is 5.89. The first-order valence-electron chi connectivity index (χ1n) is 8.39. The maximum Gasteiger partial charge on any atom is 0.344 e. The highest BCUT2D eigenvalue weighted by molar-refractivity contribution is 6.03. The van der Waals surface area contributed by atoms with Crippen molar-refractivity contribution in [1.82, 2.24) is 0 Å². The summed E-state index contributed by atoms with van der Waals surface area (Å²) in [7, 11) is 0. The van der Waals surface area contributed by atoms with Gasteiger partial charge in [-0.1, -0.05) is 42.5 Å². The largest absolute Gasteiger partial charge is 0.482 e. The first kappa shape index (κ1) is 18.4. The Labute approximate surface area is 155 Å². The maximum atomic E-state index is 13.1. The van der Waals surface area contributed by atoms with Gasteiger partial charge in [0.2, 0.25) is 0 Å². The lowest BCUT2D eigenvalue weighted by Crippen LogP contribution is -2.31. The Morgan fingerprint density at radius 1 is 1.04 bits per heavy atom. The molecule has 1 unspecified atom stereocenters. The molecule has 27 heavy (non-hydrogen) atoms. The normalized spacial score (nSPS) is 11.6. The molecular weight excluding hydrogens is 349 g/mol. The molecule has 0 aliphatic heterocycles. The van der Waals surface area contributed by atoms with Gasteiger partial charge >= 0.3 is 5.97 Å². The number of anilines is 1. The minimum atomic E-state index is -1.01. The average molecular weight is 367 g/mol. The van der Waals surface area contributed by atoms with Gasteiger partial charge in [-0.3, -0.25) is 4.79 Å². The summed E-state index contributed by atoms with van der Waals surface area (Å²) in [6.45, 7) is 1.05. The molecule has 1 amide bonds. The topological polar surface area (TPSA) is 64.6 Å². The Balaban J connectivity index is 1.56. The summed E-state index contributed by atoms with van der Waals surface area (Å²) in [6, 6.07) is 18.6. The predicted molar refractivity (Wildman–Crippen MR) is 100 cm³/mol. The Bertz CT molecular complexity index is 968. The van der Waals surface area contributed by atoms with E-state index in [1.807, 2.05) is 36.4 Å². The monoisotopic (exact) mass is 367 g/mol. The van der Waals surface area contributed by atoms with Crippen molar-refractivity contribution in [1.29, 1.82) is 0 Å². The molecule has 3 aromatic rings. The average Bonchev–Trinajstić information content (AvgIpc) is 2.66. The molecule has 138 valence electrons. The number of fused-ring (bicyclic) bond motifs is 1. The molecule has 0 bridgehead atoms. The Hall–Kier alpha value is -3.41. The molecule has 6 heteroatoms. The molecule has 0 radical (unpaired) electrons. The number of ether oxygens (including phenoxy) is 2. The molecule has 5 nitrogen and oxygen atoms in total. The van der Waals surface area contributed by atoms with Crippen LogP contribution in [0.2, 0.25) is 0 Å². The van der Waals surface area contributed by atoms with Crippen LogP contribution in [0.1, 0.15) is 6.92 Å². The van der Waals surface area contributed by atoms with Gasteiger partial charge in [0.15, 0.2) is 12.7 Å². The molecule has 0 fully saturated rings. The standard InChI is InChI=1S/C21H18FNO4/c1-14(27-20(24)13-26-17-9-5-8-16(22)12-17)21(25)23-19-11-4-7-15-6-2-3-10-18(15)19/h2-12,14H,13H2,1H3,(H,23,25). The van der Waals surface area contributed by atoms with Crippen LogP contribution in [0.4, 0.5) is 10.1 Å². The fraction of sp³-hybridized carbons (Fsp3) is 0.143. The van der Waals surface area contributed by atoms with Gasteiger partial charge in [-0.15, -0.1) is 0 Å². The lowest BCUT2D eigenvalue weighted by atomic mass is 10.1. The minimum absolute atomic E-state index is 0.208. The smallest absolute Gasteiger partial charge is 0.344 e. The number of amides is 1. The minimum Gasteiger partial charge on any atom is -0.482 e. The molecular formula is C21H18FNO4. The van der Waals surface area contributed by atoms with Gasteiger partial charge in [0.1, 0.15) is 11.6 Å². The van der Waals surface area contributed by atoms with E-state index in [0.717, 1.165) is 16.8 Å². The third-order valence-electron chi connectivity index (χ3n) is 3.88. The number of hydrogen-bond donors (Lipinski definition) is 1. The fourth-order valence-corrected chi connectivity index (χ4v) is 2.55. The third-order valence-corrected chi connectivity index (χ3v) is 3.88. The summed E-state index contributed by atoms with van der Waals surface area (Å²) in [5.41, 5.74) is 0.636. The quantitative estimate of drug-likeness (QED) is 0.671. The van der Waals surface area contributed by atoms with Crippen molar-refractivity contribution in [2.24, 2.45) is 0 Å². The fourth-order valence-electron chi connectivity index (χ4n) is 2.55. The summed E-state index contributed by atoms with van der Waals surface area (Å²) in [5, 5.41) is 4.64. The predicted octanol–water partition coefficient (Wildman–Crippen LogP) is 3.93. The lowest BCUT2D eigenvalue weighted by molar-refractivity contribution is -0.155. The van der Waals surface area contributed by atoms with Gasteiger partial charge in [-0.05, 0) is 30.5 Å². The second-order valence-electron chi connectivity index (χ2n) is 5.89. The molecule has 0 heterocycles. The zero-order valence-electron chi connectivity index (χ0n) is 14.6. The van der Waals surface area contributed by atoms with Crippen LogP contribution in [-0.2, 0) is 14.3 Å². The molecule has 3 rings (SSSR count). The molecule has 0 aliphatic carbocycles. The number of nitrogens with one attached hydrogen (secondary N) is 1. The van der Waals surface area contributed by atoms with Crippen LogP contribution in [0.25, 0.3) is 10.8 Å². The van der Waals surface area contributed by atoms with Crippen molar-refractivity contribution in [2.45, 2.75) is 13.0 Å². The van der Waals surface area contributed by atoms with E-state index in [2.05, 4.69) is 5.32 Å². The summed E-state index contributed by atoms with van der Waals surface area (Å²) >= 11 is 0. The van der Waals surface area contributed by atoms with E-state index in [1.165, 1.54) is 25.1 Å². The third kappa shape index (κ3) is 4.82. The molecule has 0 spiro atoms. The molecule has 1 N–H and O–H groups in total. The number of halogens is 1. The zero-order chi connectivity index (χ0) is 19.2. The van der Waals surface area contributed by atoms with Crippen molar-refractivity contribution in [3.63, 3.8) is 0 Å². The van der Waals surface area contributed by atoms with Gasteiger partial charge in [0, 0.05) is 17.1 Å². The summed E-state index contributed by atoms with van der Waals surface area (Å²) in [6.07, 6.45) is -1.01. The number of esters is 1. The molecule has 0 saturated carbocycles. The highest BCUT2D eigenvalue weighted by Crippen LogP contribution is 2.23. The van der Waals surface area contributed by atoms with Crippen molar-refractivity contribution < 1.29 is 23.5 Å². The van der Waals surface area contributed by atoms with E-state index >= 15 is 0 Å². The molecule has 0 saturated heterocycles. The maximum absolute atomic E-state index is 13.1. The van der Waals surface area contributed by atoms with E-state index < -0.39 is 30.4 Å². The highest BCUT2D eigenvalue weighted by atomic mass is 19.1. The summed E-state index contributed by atoms with van der Waals surface area (Å²) in [5.74, 6) is -1.44. The number of benzene rings is 3. The van der Waals surface area contributed by atoms with Crippen LogP contribution in [0.5, 0.6) is 5.75 Å². The Morgan fingerprint density at radius 3 is 2.59 bits per heavy atom. The van der Waals surface area contributed by atoms with Gasteiger partial charge in [0.05, 0.1) is 0 Å². The van der Waals surface area contributed by atoms with Crippen LogP contribution in [-0.4, -0.2) is 24.6 Å². The van der Waals surface area contributed by atoms with Crippen LogP contribution in [0.15, 0.2) is 66.7 Å². The SMILES string of the molecule is CC(OC(=O)COc1cccc(F)c1)C(=O)Nc1cccc2ccccc12. The lowest BCUT2D eigenvalue weighted by Gasteiger charge is -2.15. The van der Waals surface area contributed by atoms with Gasteiger partial charge in [0.25, 0.3) is 5.91 Å². The number of carbonyl (C=O) groups excluding carboxylic acids is 2. The summed E-state index contributed by atoms with van der Waals surface area (Å²) < 4.78 is 23.3. The van der Waals surface area contributed by atoms with Crippen molar-refractivity contribution in [2.75, 3.05) is 11.9 Å². The Morgan fingerprint density at radius 2 is 1.78 bits per heavy atom. The van der Waals surface area contributed by atoms with Crippen LogP contribution >= 0.6 is 0 Å². The zero-order valence-corrected chi connectivity index (χ0v) is 14.6. The number of rotatable bonds is 6. The van der Waals surface area contributed by atoms with Crippen molar-refractivity contribution >= 4 is 28.3 Å². The van der Waals surface area contributed by atoms with Crippen LogP contribution in [0.3, 0.4) is 0 Å². The Kier molecular flexibility index (Phi) is 5.66. The van der Waals surface area contributed by atoms with Crippen LogP contribution in [0, 0.1) is 5.82 Å². The van der Waals surface area contributed by atoms with Gasteiger partial charge in [-0.25, -0.2) is 9.18 Å². The molecule has 3 aromatic carbocycles.